The molecule has 0 spiro atoms. The number of pyridine rings is 1. The van der Waals surface area contributed by atoms with E-state index in [-0.39, 0.29) is 0 Å². The average Bonchev–Trinajstić information content (AvgIpc) is 2.44. The van der Waals surface area contributed by atoms with Crippen molar-refractivity contribution in [2.45, 2.75) is 12.2 Å². The Labute approximate surface area is 125 Å². The standard InChI is InChI=1S/C15H14BrNO3/c16-13-1-3-14(4-2-13)20-8-11-5-12(7-17-6-11)15(18)9-19-10-15/h1-7,18H,8-10H2. The minimum atomic E-state index is -0.888. The second-order valence-electron chi connectivity index (χ2n) is 4.85. The molecule has 2 heterocycles. The van der Waals surface area contributed by atoms with Gasteiger partial charge >= 0.3 is 0 Å². The Kier molecular flexibility index (Phi) is 3.74. The quantitative estimate of drug-likeness (QED) is 0.933. The van der Waals surface area contributed by atoms with Crippen LogP contribution in [0.2, 0.25) is 0 Å². The first kappa shape index (κ1) is 13.5. The Bertz CT molecular complexity index is 596. The van der Waals surface area contributed by atoms with E-state index >= 15 is 0 Å². The van der Waals surface area contributed by atoms with E-state index in [2.05, 4.69) is 20.9 Å². The molecular formula is C15H14BrNO3. The summed E-state index contributed by atoms with van der Waals surface area (Å²) in [6.07, 6.45) is 3.41. The number of nitrogens with zero attached hydrogens (tertiary/aromatic N) is 1. The highest BCUT2D eigenvalue weighted by Gasteiger charge is 2.38. The van der Waals surface area contributed by atoms with Gasteiger partial charge in [-0.1, -0.05) is 15.9 Å². The number of aromatic nitrogens is 1. The van der Waals surface area contributed by atoms with E-state index < -0.39 is 5.60 Å². The molecule has 1 aromatic heterocycles. The van der Waals surface area contributed by atoms with Crippen LogP contribution in [0.5, 0.6) is 5.75 Å². The number of aliphatic hydroxyl groups is 1. The van der Waals surface area contributed by atoms with Crippen LogP contribution in [0.25, 0.3) is 0 Å². The molecule has 1 fully saturated rings. The maximum Gasteiger partial charge on any atom is 0.137 e. The second kappa shape index (κ2) is 5.52. The number of hydrogen-bond donors (Lipinski definition) is 1. The third-order valence-corrected chi connectivity index (χ3v) is 3.76. The lowest BCUT2D eigenvalue weighted by atomic mass is 9.93. The SMILES string of the molecule is OC1(c2cncc(COc3ccc(Br)cc3)c2)COC1. The van der Waals surface area contributed by atoms with Gasteiger partial charge in [0.25, 0.3) is 0 Å². The van der Waals surface area contributed by atoms with E-state index in [1.807, 2.05) is 30.3 Å². The molecule has 2 aromatic rings. The van der Waals surface area contributed by atoms with Crippen LogP contribution in [-0.2, 0) is 16.9 Å². The summed E-state index contributed by atoms with van der Waals surface area (Å²) >= 11 is 3.38. The normalized spacial score (nSPS) is 16.5. The van der Waals surface area contributed by atoms with Gasteiger partial charge in [0.15, 0.2) is 0 Å². The molecule has 1 aliphatic heterocycles. The van der Waals surface area contributed by atoms with Crippen molar-refractivity contribution in [1.29, 1.82) is 0 Å². The van der Waals surface area contributed by atoms with Gasteiger partial charge in [-0.05, 0) is 30.3 Å². The van der Waals surface area contributed by atoms with E-state index in [1.54, 1.807) is 12.4 Å². The Morgan fingerprint density at radius 1 is 1.25 bits per heavy atom. The first-order valence-electron chi connectivity index (χ1n) is 6.29. The highest BCUT2D eigenvalue weighted by molar-refractivity contribution is 9.10. The van der Waals surface area contributed by atoms with Crippen molar-refractivity contribution in [1.82, 2.24) is 4.98 Å². The summed E-state index contributed by atoms with van der Waals surface area (Å²) in [5, 5.41) is 10.2. The Morgan fingerprint density at radius 2 is 2.00 bits per heavy atom. The molecule has 1 aromatic carbocycles. The Hall–Kier alpha value is -1.43. The molecule has 1 saturated heterocycles. The second-order valence-corrected chi connectivity index (χ2v) is 5.76. The molecule has 0 aliphatic carbocycles. The van der Waals surface area contributed by atoms with Crippen LogP contribution in [0.3, 0.4) is 0 Å². The molecule has 104 valence electrons. The Balaban J connectivity index is 1.68. The van der Waals surface area contributed by atoms with Crippen molar-refractivity contribution in [2.75, 3.05) is 13.2 Å². The molecule has 0 unspecified atom stereocenters. The fourth-order valence-corrected chi connectivity index (χ4v) is 2.24. The van der Waals surface area contributed by atoms with Crippen molar-refractivity contribution >= 4 is 15.9 Å². The fraction of sp³-hybridized carbons (Fsp3) is 0.267. The first-order chi connectivity index (χ1) is 9.66. The smallest absolute Gasteiger partial charge is 0.137 e. The van der Waals surface area contributed by atoms with Gasteiger partial charge in [0.2, 0.25) is 0 Å². The summed E-state index contributed by atoms with van der Waals surface area (Å²) in [6.45, 7) is 1.07. The van der Waals surface area contributed by atoms with Gasteiger partial charge in [-0.2, -0.15) is 0 Å². The van der Waals surface area contributed by atoms with Gasteiger partial charge < -0.3 is 14.6 Å². The topological polar surface area (TPSA) is 51.6 Å². The summed E-state index contributed by atoms with van der Waals surface area (Å²) in [6, 6.07) is 9.56. The minimum Gasteiger partial charge on any atom is -0.489 e. The van der Waals surface area contributed by atoms with E-state index in [4.69, 9.17) is 9.47 Å². The van der Waals surface area contributed by atoms with Gasteiger partial charge in [0, 0.05) is 28.0 Å². The number of hydrogen-bond acceptors (Lipinski definition) is 4. The zero-order valence-electron chi connectivity index (χ0n) is 10.8. The molecule has 5 heteroatoms. The lowest BCUT2D eigenvalue weighted by Crippen LogP contribution is -2.46. The maximum atomic E-state index is 10.2. The van der Waals surface area contributed by atoms with Gasteiger partial charge in [0.1, 0.15) is 18.0 Å². The maximum absolute atomic E-state index is 10.2. The number of benzene rings is 1. The lowest BCUT2D eigenvalue weighted by molar-refractivity contribution is -0.184. The third-order valence-electron chi connectivity index (χ3n) is 3.23. The van der Waals surface area contributed by atoms with Crippen LogP contribution < -0.4 is 4.74 Å². The van der Waals surface area contributed by atoms with Crippen molar-refractivity contribution in [3.8, 4) is 5.75 Å². The molecule has 0 amide bonds. The minimum absolute atomic E-state index is 0.325. The number of ether oxygens (including phenoxy) is 2. The summed E-state index contributed by atoms with van der Waals surface area (Å²) in [7, 11) is 0. The highest BCUT2D eigenvalue weighted by atomic mass is 79.9. The van der Waals surface area contributed by atoms with Crippen LogP contribution in [-0.4, -0.2) is 23.3 Å². The lowest BCUT2D eigenvalue weighted by Gasteiger charge is -2.36. The molecule has 0 radical (unpaired) electrons. The van der Waals surface area contributed by atoms with E-state index in [1.165, 1.54) is 0 Å². The zero-order valence-corrected chi connectivity index (χ0v) is 12.3. The van der Waals surface area contributed by atoms with Crippen molar-refractivity contribution in [2.24, 2.45) is 0 Å². The molecule has 0 bridgehead atoms. The summed E-state index contributed by atoms with van der Waals surface area (Å²) in [5.74, 6) is 0.796. The van der Waals surface area contributed by atoms with Crippen molar-refractivity contribution in [3.05, 3.63) is 58.3 Å². The first-order valence-corrected chi connectivity index (χ1v) is 7.08. The fourth-order valence-electron chi connectivity index (χ4n) is 1.98. The summed E-state index contributed by atoms with van der Waals surface area (Å²) in [5.41, 5.74) is 0.812. The number of rotatable bonds is 4. The highest BCUT2D eigenvalue weighted by Crippen LogP contribution is 2.29. The van der Waals surface area contributed by atoms with Crippen LogP contribution in [0, 0.1) is 0 Å². The zero-order chi connectivity index (χ0) is 14.0. The molecule has 4 nitrogen and oxygen atoms in total. The molecule has 0 saturated carbocycles. The van der Waals surface area contributed by atoms with Crippen LogP contribution in [0.1, 0.15) is 11.1 Å². The van der Waals surface area contributed by atoms with Gasteiger partial charge in [-0.15, -0.1) is 0 Å². The monoisotopic (exact) mass is 335 g/mol. The molecular weight excluding hydrogens is 322 g/mol. The van der Waals surface area contributed by atoms with Crippen molar-refractivity contribution < 1.29 is 14.6 Å². The summed E-state index contributed by atoms with van der Waals surface area (Å²) in [4.78, 5) is 4.16. The summed E-state index contributed by atoms with van der Waals surface area (Å²) < 4.78 is 11.8. The van der Waals surface area contributed by atoms with Crippen LogP contribution >= 0.6 is 15.9 Å². The molecule has 1 aliphatic rings. The van der Waals surface area contributed by atoms with E-state index in [9.17, 15) is 5.11 Å². The molecule has 0 atom stereocenters. The Morgan fingerprint density at radius 3 is 2.65 bits per heavy atom. The van der Waals surface area contributed by atoms with Crippen molar-refractivity contribution in [3.63, 3.8) is 0 Å². The van der Waals surface area contributed by atoms with Gasteiger partial charge in [0.05, 0.1) is 13.2 Å². The van der Waals surface area contributed by atoms with Crippen LogP contribution in [0.15, 0.2) is 47.2 Å². The largest absolute Gasteiger partial charge is 0.489 e. The van der Waals surface area contributed by atoms with Gasteiger partial charge in [-0.25, -0.2) is 0 Å². The number of halogens is 1. The predicted molar refractivity (Wildman–Crippen MR) is 77.4 cm³/mol. The predicted octanol–water partition coefficient (Wildman–Crippen LogP) is 2.64. The van der Waals surface area contributed by atoms with Crippen LogP contribution in [0.4, 0.5) is 0 Å². The van der Waals surface area contributed by atoms with E-state index in [0.29, 0.717) is 19.8 Å². The van der Waals surface area contributed by atoms with Gasteiger partial charge in [-0.3, -0.25) is 4.98 Å². The molecule has 20 heavy (non-hydrogen) atoms. The average molecular weight is 336 g/mol. The molecule has 3 rings (SSSR count). The third kappa shape index (κ3) is 2.85. The van der Waals surface area contributed by atoms with E-state index in [0.717, 1.165) is 21.3 Å². The molecule has 1 N–H and O–H groups in total.